The van der Waals surface area contributed by atoms with Crippen LogP contribution in [-0.4, -0.2) is 56.7 Å². The molecule has 0 spiro atoms. The Kier molecular flexibility index (Phi) is 4.80. The highest BCUT2D eigenvalue weighted by Crippen LogP contribution is 2.22. The third-order valence-corrected chi connectivity index (χ3v) is 5.51. The maximum absolute atomic E-state index is 12.7. The van der Waals surface area contributed by atoms with Crippen LogP contribution in [0.5, 0.6) is 0 Å². The van der Waals surface area contributed by atoms with E-state index in [1.807, 2.05) is 16.7 Å². The Labute approximate surface area is 163 Å². The molecular formula is C20H26N6O2. The van der Waals surface area contributed by atoms with Gasteiger partial charge in [0, 0.05) is 33.2 Å². The van der Waals surface area contributed by atoms with Gasteiger partial charge in [0.05, 0.1) is 6.54 Å². The highest BCUT2D eigenvalue weighted by molar-refractivity contribution is 5.74. The minimum absolute atomic E-state index is 0.392. The lowest BCUT2D eigenvalue weighted by molar-refractivity contribution is 0.269. The number of nitrogens with zero attached hydrogens (tertiary/aromatic N) is 5. The predicted octanol–water partition coefficient (Wildman–Crippen LogP) is 0.922. The Bertz CT molecular complexity index is 1120. The van der Waals surface area contributed by atoms with E-state index in [2.05, 4.69) is 40.8 Å². The van der Waals surface area contributed by atoms with Gasteiger partial charge in [-0.2, -0.15) is 4.98 Å². The van der Waals surface area contributed by atoms with Crippen LogP contribution in [0.3, 0.4) is 0 Å². The van der Waals surface area contributed by atoms with Gasteiger partial charge in [-0.05, 0) is 19.0 Å². The van der Waals surface area contributed by atoms with Crippen molar-refractivity contribution in [2.45, 2.75) is 20.4 Å². The number of hydrogen-bond acceptors (Lipinski definition) is 5. The molecule has 3 heterocycles. The van der Waals surface area contributed by atoms with Gasteiger partial charge in [0.15, 0.2) is 11.2 Å². The molecule has 1 aromatic carbocycles. The molecule has 0 saturated carbocycles. The maximum atomic E-state index is 12.7. The first-order valence-corrected chi connectivity index (χ1v) is 9.70. The monoisotopic (exact) mass is 382 g/mol. The van der Waals surface area contributed by atoms with Crippen LogP contribution in [0.1, 0.15) is 18.1 Å². The summed E-state index contributed by atoms with van der Waals surface area (Å²) in [5, 5.41) is 0. The molecule has 3 aromatic rings. The van der Waals surface area contributed by atoms with Gasteiger partial charge in [0.1, 0.15) is 0 Å². The topological polar surface area (TPSA) is 79.2 Å². The third kappa shape index (κ3) is 3.24. The number of imidazole rings is 1. The molecule has 148 valence electrons. The first kappa shape index (κ1) is 18.5. The molecule has 8 nitrogen and oxygen atoms in total. The number of nitrogens with one attached hydrogen (secondary N) is 1. The van der Waals surface area contributed by atoms with Crippen LogP contribution in [0, 0.1) is 6.92 Å². The molecule has 0 bridgehead atoms. The van der Waals surface area contributed by atoms with Gasteiger partial charge in [-0.3, -0.25) is 18.9 Å². The summed E-state index contributed by atoms with van der Waals surface area (Å²) < 4.78 is 3.36. The van der Waals surface area contributed by atoms with Gasteiger partial charge >= 0.3 is 5.69 Å². The molecule has 0 unspecified atom stereocenters. The first-order chi connectivity index (χ1) is 13.5. The fourth-order valence-electron chi connectivity index (χ4n) is 3.87. The molecule has 1 aliphatic rings. The summed E-state index contributed by atoms with van der Waals surface area (Å²) in [5.74, 6) is 0.749. The lowest BCUT2D eigenvalue weighted by Crippen LogP contribution is -2.47. The molecule has 1 N–H and O–H groups in total. The predicted molar refractivity (Wildman–Crippen MR) is 110 cm³/mol. The first-order valence-electron chi connectivity index (χ1n) is 9.70. The minimum Gasteiger partial charge on any atom is -0.340 e. The molecule has 1 fully saturated rings. The fraction of sp³-hybridized carbons (Fsp3) is 0.450. The van der Waals surface area contributed by atoms with Gasteiger partial charge in [0.25, 0.3) is 5.56 Å². The Hall–Kier alpha value is -2.87. The Morgan fingerprint density at radius 1 is 1.14 bits per heavy atom. The number of anilines is 1. The molecule has 0 aliphatic carbocycles. The molecule has 8 heteroatoms. The van der Waals surface area contributed by atoms with Crippen LogP contribution in [0.4, 0.5) is 5.95 Å². The summed E-state index contributed by atoms with van der Waals surface area (Å²) in [6.45, 7) is 9.38. The number of benzene rings is 1. The van der Waals surface area contributed by atoms with Crippen molar-refractivity contribution in [3.63, 3.8) is 0 Å². The quantitative estimate of drug-likeness (QED) is 0.726. The molecule has 0 amide bonds. The highest BCUT2D eigenvalue weighted by Gasteiger charge is 2.24. The van der Waals surface area contributed by atoms with Crippen molar-refractivity contribution >= 4 is 17.1 Å². The van der Waals surface area contributed by atoms with Crippen LogP contribution in [0.15, 0.2) is 33.9 Å². The second kappa shape index (κ2) is 7.27. The SMILES string of the molecule is CCN1CCN(c2nc3c(c(=O)[nH]c(=O)n3C)n2Cc2cccc(C)c2)CC1. The Morgan fingerprint density at radius 3 is 2.57 bits per heavy atom. The van der Waals surface area contributed by atoms with Gasteiger partial charge in [-0.1, -0.05) is 36.8 Å². The van der Waals surface area contributed by atoms with Gasteiger partial charge in [0.2, 0.25) is 5.95 Å². The number of rotatable bonds is 4. The Balaban J connectivity index is 1.86. The molecule has 1 aliphatic heterocycles. The van der Waals surface area contributed by atoms with Crippen molar-refractivity contribution in [3.05, 3.63) is 56.2 Å². The summed E-state index contributed by atoms with van der Waals surface area (Å²) >= 11 is 0. The molecule has 0 radical (unpaired) electrons. The fourth-order valence-corrected chi connectivity index (χ4v) is 3.87. The maximum Gasteiger partial charge on any atom is 0.329 e. The minimum atomic E-state index is -0.444. The number of aryl methyl sites for hydroxylation is 2. The number of aromatic nitrogens is 4. The van der Waals surface area contributed by atoms with Crippen LogP contribution >= 0.6 is 0 Å². The summed E-state index contributed by atoms with van der Waals surface area (Å²) in [6, 6.07) is 8.23. The zero-order valence-electron chi connectivity index (χ0n) is 16.6. The van der Waals surface area contributed by atoms with Crippen molar-refractivity contribution in [1.82, 2.24) is 24.0 Å². The summed E-state index contributed by atoms with van der Waals surface area (Å²) in [7, 11) is 1.64. The average molecular weight is 382 g/mol. The van der Waals surface area contributed by atoms with E-state index in [0.717, 1.165) is 44.2 Å². The molecule has 1 saturated heterocycles. The second-order valence-electron chi connectivity index (χ2n) is 7.40. The number of piperazine rings is 1. The number of fused-ring (bicyclic) bond motifs is 1. The van der Waals surface area contributed by atoms with Gasteiger partial charge < -0.3 is 9.80 Å². The summed E-state index contributed by atoms with van der Waals surface area (Å²) in [5.41, 5.74) is 2.30. The normalized spacial score (nSPS) is 15.5. The van der Waals surface area contributed by atoms with Crippen LogP contribution in [-0.2, 0) is 13.6 Å². The molecule has 4 rings (SSSR count). The van der Waals surface area contributed by atoms with Gasteiger partial charge in [-0.25, -0.2) is 4.79 Å². The van der Waals surface area contributed by atoms with Gasteiger partial charge in [-0.15, -0.1) is 0 Å². The van der Waals surface area contributed by atoms with E-state index in [4.69, 9.17) is 4.98 Å². The van der Waals surface area contributed by atoms with Crippen LogP contribution in [0.2, 0.25) is 0 Å². The zero-order chi connectivity index (χ0) is 19.8. The zero-order valence-corrected chi connectivity index (χ0v) is 16.6. The van der Waals surface area contributed by atoms with E-state index in [1.165, 1.54) is 10.1 Å². The summed E-state index contributed by atoms with van der Waals surface area (Å²) in [4.78, 5) is 36.5. The molecule has 2 aromatic heterocycles. The van der Waals surface area contributed by atoms with Crippen LogP contribution < -0.4 is 16.1 Å². The smallest absolute Gasteiger partial charge is 0.329 e. The van der Waals surface area contributed by atoms with E-state index in [1.54, 1.807) is 7.05 Å². The largest absolute Gasteiger partial charge is 0.340 e. The molecule has 28 heavy (non-hydrogen) atoms. The second-order valence-corrected chi connectivity index (χ2v) is 7.40. The Morgan fingerprint density at radius 2 is 1.89 bits per heavy atom. The van der Waals surface area contributed by atoms with E-state index in [0.29, 0.717) is 17.7 Å². The number of H-pyrrole nitrogens is 1. The highest BCUT2D eigenvalue weighted by atomic mass is 16.2. The van der Waals surface area contributed by atoms with E-state index in [9.17, 15) is 9.59 Å². The summed E-state index contributed by atoms with van der Waals surface area (Å²) in [6.07, 6.45) is 0. The lowest BCUT2D eigenvalue weighted by Gasteiger charge is -2.34. The van der Waals surface area contributed by atoms with Crippen molar-refractivity contribution < 1.29 is 0 Å². The van der Waals surface area contributed by atoms with Crippen molar-refractivity contribution in [1.29, 1.82) is 0 Å². The molecule has 0 atom stereocenters. The lowest BCUT2D eigenvalue weighted by atomic mass is 10.1. The third-order valence-electron chi connectivity index (χ3n) is 5.51. The number of likely N-dealkylation sites (N-methyl/N-ethyl adjacent to an activating group) is 1. The average Bonchev–Trinajstić information content (AvgIpc) is 3.06. The van der Waals surface area contributed by atoms with E-state index in [-0.39, 0.29) is 0 Å². The van der Waals surface area contributed by atoms with Crippen molar-refractivity contribution in [2.24, 2.45) is 7.05 Å². The van der Waals surface area contributed by atoms with Crippen molar-refractivity contribution in [3.8, 4) is 0 Å². The molecular weight excluding hydrogens is 356 g/mol. The van der Waals surface area contributed by atoms with E-state index < -0.39 is 11.2 Å². The number of hydrogen-bond donors (Lipinski definition) is 1. The number of aromatic amines is 1. The van der Waals surface area contributed by atoms with E-state index >= 15 is 0 Å². The standard InChI is InChI=1S/C20H26N6O2/c1-4-24-8-10-25(11-9-24)19-21-17-16(18(27)22-20(28)23(17)3)26(19)13-15-7-5-6-14(2)12-15/h5-7,12H,4,8-11,13H2,1-3H3,(H,22,27,28). The van der Waals surface area contributed by atoms with Crippen molar-refractivity contribution in [2.75, 3.05) is 37.6 Å². The van der Waals surface area contributed by atoms with Crippen LogP contribution in [0.25, 0.3) is 11.2 Å².